The number of halogens is 1. The Kier molecular flexibility index (Phi) is 5.22. The highest BCUT2D eigenvalue weighted by Gasteiger charge is 2.07. The molecule has 2 aromatic rings. The standard InChI is InChI=1S/C14H16BrN3S/c1-3-6-12-17-13(16-2)9-14(18-12)19-11-8-5-4-7-10(11)15/h4-5,7-9H,3,6H2,1-2H3,(H,16,17,18). The van der Waals surface area contributed by atoms with Crippen molar-refractivity contribution >= 4 is 33.5 Å². The van der Waals surface area contributed by atoms with Crippen LogP contribution in [0, 0.1) is 0 Å². The first-order valence-corrected chi connectivity index (χ1v) is 7.82. The van der Waals surface area contributed by atoms with Crippen LogP contribution in [0.5, 0.6) is 0 Å². The molecule has 19 heavy (non-hydrogen) atoms. The molecule has 1 aromatic carbocycles. The Balaban J connectivity index is 2.29. The summed E-state index contributed by atoms with van der Waals surface area (Å²) in [5, 5.41) is 4.06. The molecule has 0 spiro atoms. The van der Waals surface area contributed by atoms with Crippen LogP contribution in [-0.4, -0.2) is 17.0 Å². The maximum Gasteiger partial charge on any atom is 0.132 e. The summed E-state index contributed by atoms with van der Waals surface area (Å²) in [7, 11) is 1.88. The Morgan fingerprint density at radius 3 is 2.74 bits per heavy atom. The Hall–Kier alpha value is -1.07. The molecule has 0 bridgehead atoms. The van der Waals surface area contributed by atoms with Crippen molar-refractivity contribution in [1.29, 1.82) is 0 Å². The lowest BCUT2D eigenvalue weighted by Crippen LogP contribution is -2.01. The highest BCUT2D eigenvalue weighted by Crippen LogP contribution is 2.32. The molecule has 0 radical (unpaired) electrons. The van der Waals surface area contributed by atoms with Crippen LogP contribution in [0.3, 0.4) is 0 Å². The molecule has 0 aliphatic carbocycles. The summed E-state index contributed by atoms with van der Waals surface area (Å²) in [6.07, 6.45) is 1.95. The molecule has 0 atom stereocenters. The lowest BCUT2D eigenvalue weighted by atomic mass is 10.3. The molecule has 0 amide bonds. The van der Waals surface area contributed by atoms with Crippen molar-refractivity contribution in [1.82, 2.24) is 9.97 Å². The van der Waals surface area contributed by atoms with Gasteiger partial charge in [-0.1, -0.05) is 30.8 Å². The van der Waals surface area contributed by atoms with E-state index in [1.54, 1.807) is 11.8 Å². The van der Waals surface area contributed by atoms with Gasteiger partial charge in [0.25, 0.3) is 0 Å². The summed E-state index contributed by atoms with van der Waals surface area (Å²) in [5.74, 6) is 1.76. The number of hydrogen-bond acceptors (Lipinski definition) is 4. The quantitative estimate of drug-likeness (QED) is 0.821. The molecule has 1 aromatic heterocycles. The zero-order chi connectivity index (χ0) is 13.7. The monoisotopic (exact) mass is 337 g/mol. The number of nitrogens with one attached hydrogen (secondary N) is 1. The first-order chi connectivity index (χ1) is 9.22. The van der Waals surface area contributed by atoms with E-state index in [0.29, 0.717) is 0 Å². The minimum Gasteiger partial charge on any atom is -0.373 e. The number of nitrogens with zero attached hydrogens (tertiary/aromatic N) is 2. The third kappa shape index (κ3) is 3.94. The van der Waals surface area contributed by atoms with Crippen LogP contribution in [0.1, 0.15) is 19.2 Å². The van der Waals surface area contributed by atoms with Crippen LogP contribution in [0.15, 0.2) is 44.7 Å². The zero-order valence-electron chi connectivity index (χ0n) is 11.0. The number of rotatable bonds is 5. The van der Waals surface area contributed by atoms with Crippen molar-refractivity contribution in [3.8, 4) is 0 Å². The Morgan fingerprint density at radius 2 is 2.05 bits per heavy atom. The average molecular weight is 338 g/mol. The van der Waals surface area contributed by atoms with Crippen molar-refractivity contribution in [2.24, 2.45) is 0 Å². The van der Waals surface area contributed by atoms with Gasteiger partial charge in [-0.25, -0.2) is 9.97 Å². The largest absolute Gasteiger partial charge is 0.373 e. The second-order valence-electron chi connectivity index (χ2n) is 4.04. The lowest BCUT2D eigenvalue weighted by molar-refractivity contribution is 0.811. The Morgan fingerprint density at radius 1 is 1.26 bits per heavy atom. The summed E-state index contributed by atoms with van der Waals surface area (Å²) in [6, 6.07) is 10.1. The molecule has 1 N–H and O–H groups in total. The second kappa shape index (κ2) is 6.91. The molecule has 0 saturated carbocycles. The van der Waals surface area contributed by atoms with Crippen LogP contribution in [0.2, 0.25) is 0 Å². The van der Waals surface area contributed by atoms with Crippen LogP contribution in [0.4, 0.5) is 5.82 Å². The van der Waals surface area contributed by atoms with Crippen molar-refractivity contribution in [2.45, 2.75) is 29.7 Å². The molecule has 0 saturated heterocycles. The Bertz CT molecular complexity index is 560. The van der Waals surface area contributed by atoms with Crippen LogP contribution in [-0.2, 0) is 6.42 Å². The van der Waals surface area contributed by atoms with E-state index in [1.807, 2.05) is 31.3 Å². The van der Waals surface area contributed by atoms with Gasteiger partial charge in [0, 0.05) is 28.9 Å². The summed E-state index contributed by atoms with van der Waals surface area (Å²) < 4.78 is 1.08. The van der Waals surface area contributed by atoms with Crippen LogP contribution in [0.25, 0.3) is 0 Å². The highest BCUT2D eigenvalue weighted by molar-refractivity contribution is 9.10. The topological polar surface area (TPSA) is 37.8 Å². The van der Waals surface area contributed by atoms with E-state index in [4.69, 9.17) is 0 Å². The number of aromatic nitrogens is 2. The summed E-state index contributed by atoms with van der Waals surface area (Å²) in [5.41, 5.74) is 0. The number of benzene rings is 1. The second-order valence-corrected chi connectivity index (χ2v) is 5.96. The fourth-order valence-corrected chi connectivity index (χ4v) is 3.02. The van der Waals surface area contributed by atoms with E-state index in [9.17, 15) is 0 Å². The molecular formula is C14H16BrN3S. The van der Waals surface area contributed by atoms with Gasteiger partial charge >= 0.3 is 0 Å². The lowest BCUT2D eigenvalue weighted by Gasteiger charge is -2.08. The number of anilines is 1. The molecule has 0 unspecified atom stereocenters. The fraction of sp³-hybridized carbons (Fsp3) is 0.286. The van der Waals surface area contributed by atoms with Gasteiger partial charge in [0.05, 0.1) is 0 Å². The first-order valence-electron chi connectivity index (χ1n) is 6.21. The molecule has 0 aliphatic heterocycles. The smallest absolute Gasteiger partial charge is 0.132 e. The predicted octanol–water partition coefficient (Wildman–Crippen LogP) is 4.38. The molecule has 100 valence electrons. The van der Waals surface area contributed by atoms with E-state index < -0.39 is 0 Å². The van der Waals surface area contributed by atoms with E-state index in [-0.39, 0.29) is 0 Å². The van der Waals surface area contributed by atoms with Crippen molar-refractivity contribution in [3.05, 3.63) is 40.6 Å². The number of hydrogen-bond donors (Lipinski definition) is 1. The highest BCUT2D eigenvalue weighted by atomic mass is 79.9. The van der Waals surface area contributed by atoms with Crippen molar-refractivity contribution in [3.63, 3.8) is 0 Å². The van der Waals surface area contributed by atoms with Gasteiger partial charge in [-0.05, 0) is 34.5 Å². The van der Waals surface area contributed by atoms with Crippen LogP contribution < -0.4 is 5.32 Å². The fourth-order valence-electron chi connectivity index (χ4n) is 1.63. The maximum absolute atomic E-state index is 4.60. The molecule has 0 fully saturated rings. The Labute approximate surface area is 126 Å². The van der Waals surface area contributed by atoms with Gasteiger partial charge in [0.2, 0.25) is 0 Å². The molecule has 1 heterocycles. The summed E-state index contributed by atoms with van der Waals surface area (Å²) in [4.78, 5) is 10.2. The van der Waals surface area contributed by atoms with Gasteiger partial charge in [0.1, 0.15) is 16.7 Å². The molecule has 0 aliphatic rings. The van der Waals surface area contributed by atoms with Crippen LogP contribution >= 0.6 is 27.7 Å². The zero-order valence-corrected chi connectivity index (χ0v) is 13.4. The van der Waals surface area contributed by atoms with Crippen molar-refractivity contribution < 1.29 is 0 Å². The first kappa shape index (κ1) is 14.3. The molecular weight excluding hydrogens is 322 g/mol. The third-order valence-electron chi connectivity index (χ3n) is 2.53. The van der Waals surface area contributed by atoms with E-state index in [1.165, 1.54) is 0 Å². The summed E-state index contributed by atoms with van der Waals surface area (Å²) >= 11 is 5.20. The predicted molar refractivity (Wildman–Crippen MR) is 83.8 cm³/mol. The van der Waals surface area contributed by atoms with E-state index in [2.05, 4.69) is 44.2 Å². The molecule has 5 heteroatoms. The minimum absolute atomic E-state index is 0.869. The van der Waals surface area contributed by atoms with Gasteiger partial charge in [-0.2, -0.15) is 0 Å². The van der Waals surface area contributed by atoms with Gasteiger partial charge in [-0.3, -0.25) is 0 Å². The number of aryl methyl sites for hydroxylation is 1. The van der Waals surface area contributed by atoms with Gasteiger partial charge in [0.15, 0.2) is 0 Å². The average Bonchev–Trinajstić information content (AvgIpc) is 2.41. The normalized spacial score (nSPS) is 10.5. The third-order valence-corrected chi connectivity index (χ3v) is 4.48. The van der Waals surface area contributed by atoms with Gasteiger partial charge in [-0.15, -0.1) is 0 Å². The van der Waals surface area contributed by atoms with Crippen molar-refractivity contribution in [2.75, 3.05) is 12.4 Å². The van der Waals surface area contributed by atoms with E-state index >= 15 is 0 Å². The van der Waals surface area contributed by atoms with E-state index in [0.717, 1.165) is 38.9 Å². The SMILES string of the molecule is CCCc1nc(NC)cc(Sc2ccccc2Br)n1. The minimum atomic E-state index is 0.869. The molecule has 2 rings (SSSR count). The maximum atomic E-state index is 4.60. The van der Waals surface area contributed by atoms with Gasteiger partial charge < -0.3 is 5.32 Å². The summed E-state index contributed by atoms with van der Waals surface area (Å²) in [6.45, 7) is 2.13. The molecule has 3 nitrogen and oxygen atoms in total.